The predicted molar refractivity (Wildman–Crippen MR) is 195 cm³/mol. The fraction of sp³-hybridized carbons (Fsp3) is 0.513. The van der Waals surface area contributed by atoms with Crippen LogP contribution in [0.15, 0.2) is 96.7 Å². The van der Waals surface area contributed by atoms with E-state index in [4.69, 9.17) is 0 Å². The van der Waals surface area contributed by atoms with Gasteiger partial charge in [0.1, 0.15) is 0 Å². The smallest absolute Gasteiger partial charge is 0.0521 e. The standard InChI is InChI=1S/C22H29N.C11H19N3.3C2H6/c1-8-23-15-22(19(6)12-16(2)3)14-18(5)20(7)21-11-9-10-17(4)13-21;1-14-9-11(8-13-14)3-2-10-4-6-12-7-5-10;3*1-2/h8-15,20,23H,1-2H2,3-7H3;8-10,12H,2-7H2,1H3;3*1-2H3/b18-14-,19-12+,22-15+;;;;. The maximum Gasteiger partial charge on any atom is 0.0521 e. The zero-order valence-electron chi connectivity index (χ0n) is 30.0. The first-order valence-corrected chi connectivity index (χ1v) is 16.5. The first-order valence-electron chi connectivity index (χ1n) is 16.5. The fourth-order valence-electron chi connectivity index (χ4n) is 4.59. The second-order valence-corrected chi connectivity index (χ2v) is 10.4. The van der Waals surface area contributed by atoms with E-state index in [-0.39, 0.29) is 0 Å². The molecule has 2 aromatic rings. The highest BCUT2D eigenvalue weighted by molar-refractivity contribution is 5.44. The number of piperidine rings is 1. The topological polar surface area (TPSA) is 41.9 Å². The molecule has 1 aliphatic heterocycles. The Labute approximate surface area is 267 Å². The van der Waals surface area contributed by atoms with E-state index in [0.29, 0.717) is 5.92 Å². The van der Waals surface area contributed by atoms with Gasteiger partial charge in [0.15, 0.2) is 0 Å². The van der Waals surface area contributed by atoms with Crippen LogP contribution in [0, 0.1) is 12.8 Å². The first-order chi connectivity index (χ1) is 20.7. The quantitative estimate of drug-likeness (QED) is 0.270. The molecule has 2 N–H and O–H groups in total. The third-order valence-corrected chi connectivity index (χ3v) is 6.94. The normalized spacial score (nSPS) is 14.2. The first kappa shape index (κ1) is 42.0. The highest BCUT2D eigenvalue weighted by atomic mass is 15.2. The van der Waals surface area contributed by atoms with Crippen LogP contribution in [-0.2, 0) is 13.5 Å². The van der Waals surface area contributed by atoms with Gasteiger partial charge in [-0.1, -0.05) is 115 Å². The Morgan fingerprint density at radius 1 is 1.07 bits per heavy atom. The highest BCUT2D eigenvalue weighted by Crippen LogP contribution is 2.26. The molecule has 1 unspecified atom stereocenters. The third-order valence-electron chi connectivity index (χ3n) is 6.94. The number of allylic oxidation sites excluding steroid dienone is 6. The number of nitrogens with zero attached hydrogens (tertiary/aromatic N) is 2. The van der Waals surface area contributed by atoms with E-state index in [1.807, 2.05) is 72.6 Å². The summed E-state index contributed by atoms with van der Waals surface area (Å²) in [6.07, 6.45) is 17.3. The lowest BCUT2D eigenvalue weighted by Crippen LogP contribution is -2.27. The lowest BCUT2D eigenvalue weighted by atomic mass is 9.90. The molecule has 4 heteroatoms. The van der Waals surface area contributed by atoms with Crippen molar-refractivity contribution >= 4 is 0 Å². The van der Waals surface area contributed by atoms with Gasteiger partial charge >= 0.3 is 0 Å². The zero-order chi connectivity index (χ0) is 33.2. The maximum atomic E-state index is 4.18. The number of aromatic nitrogens is 2. The SMILES string of the molecule is C=CN/C=C(\C=C(\C)C(C)c1cccc(C)c1)C(/C)=C/C(=C)C.CC.CC.CC.Cn1cc(CCC2CCNCC2)cn1. The average molecular weight is 591 g/mol. The maximum absolute atomic E-state index is 4.18. The molecular formula is C39H66N4. The molecule has 1 aliphatic rings. The summed E-state index contributed by atoms with van der Waals surface area (Å²) < 4.78 is 1.89. The minimum absolute atomic E-state index is 0.375. The zero-order valence-corrected chi connectivity index (χ0v) is 30.0. The van der Waals surface area contributed by atoms with Crippen LogP contribution in [0.2, 0.25) is 0 Å². The van der Waals surface area contributed by atoms with E-state index < -0.39 is 0 Å². The molecule has 4 nitrogen and oxygen atoms in total. The molecule has 1 aromatic heterocycles. The summed E-state index contributed by atoms with van der Waals surface area (Å²) in [6.45, 7) is 32.8. The van der Waals surface area contributed by atoms with Crippen molar-refractivity contribution in [2.45, 2.75) is 108 Å². The van der Waals surface area contributed by atoms with Gasteiger partial charge in [-0.25, -0.2) is 0 Å². The largest absolute Gasteiger partial charge is 0.368 e. The van der Waals surface area contributed by atoms with Crippen LogP contribution in [0.4, 0.5) is 0 Å². The van der Waals surface area contributed by atoms with E-state index in [1.165, 1.54) is 66.6 Å². The van der Waals surface area contributed by atoms with Crippen molar-refractivity contribution < 1.29 is 0 Å². The second kappa shape index (κ2) is 26.5. The van der Waals surface area contributed by atoms with Crippen molar-refractivity contribution in [1.29, 1.82) is 0 Å². The molecule has 1 fully saturated rings. The molecule has 0 radical (unpaired) electrons. The number of hydrogen-bond acceptors (Lipinski definition) is 3. The van der Waals surface area contributed by atoms with Crippen molar-refractivity contribution in [3.63, 3.8) is 0 Å². The molecule has 1 aromatic carbocycles. The summed E-state index contributed by atoms with van der Waals surface area (Å²) in [6, 6.07) is 8.70. The summed E-state index contributed by atoms with van der Waals surface area (Å²) in [5, 5.41) is 10.7. The van der Waals surface area contributed by atoms with Gasteiger partial charge in [0.25, 0.3) is 0 Å². The average Bonchev–Trinajstić information content (AvgIpc) is 3.46. The Balaban J connectivity index is 0. The molecule has 0 aliphatic carbocycles. The Morgan fingerprint density at radius 2 is 1.70 bits per heavy atom. The van der Waals surface area contributed by atoms with Crippen molar-refractivity contribution in [1.82, 2.24) is 20.4 Å². The number of hydrogen-bond donors (Lipinski definition) is 2. The lowest BCUT2D eigenvalue weighted by molar-refractivity contribution is 0.354. The summed E-state index contributed by atoms with van der Waals surface area (Å²) in [7, 11) is 1.98. The van der Waals surface area contributed by atoms with Crippen LogP contribution in [0.1, 0.15) is 111 Å². The van der Waals surface area contributed by atoms with Crippen LogP contribution in [-0.4, -0.2) is 22.9 Å². The lowest BCUT2D eigenvalue weighted by Gasteiger charge is -2.22. The van der Waals surface area contributed by atoms with Gasteiger partial charge in [0, 0.05) is 25.4 Å². The molecule has 0 spiro atoms. The Kier molecular flexibility index (Phi) is 25.9. The highest BCUT2D eigenvalue weighted by Gasteiger charge is 2.13. The monoisotopic (exact) mass is 591 g/mol. The van der Waals surface area contributed by atoms with E-state index >= 15 is 0 Å². The Bertz CT molecular complexity index is 1090. The Hall–Kier alpha value is -3.11. The number of aryl methyl sites for hydroxylation is 3. The number of benzene rings is 1. The van der Waals surface area contributed by atoms with E-state index in [0.717, 1.165) is 17.1 Å². The molecule has 1 saturated heterocycles. The Morgan fingerprint density at radius 3 is 2.21 bits per heavy atom. The van der Waals surface area contributed by atoms with Gasteiger partial charge in [0.05, 0.1) is 6.20 Å². The summed E-state index contributed by atoms with van der Waals surface area (Å²) in [4.78, 5) is 0. The van der Waals surface area contributed by atoms with Crippen LogP contribution < -0.4 is 10.6 Å². The molecule has 0 saturated carbocycles. The second-order valence-electron chi connectivity index (χ2n) is 10.4. The van der Waals surface area contributed by atoms with Crippen molar-refractivity contribution in [3.8, 4) is 0 Å². The minimum Gasteiger partial charge on any atom is -0.368 e. The number of nitrogens with one attached hydrogen (secondary N) is 2. The molecule has 3 rings (SSSR count). The van der Waals surface area contributed by atoms with Gasteiger partial charge < -0.3 is 10.6 Å². The van der Waals surface area contributed by atoms with Gasteiger partial charge in [-0.05, 0) is 101 Å². The molecule has 0 bridgehead atoms. The van der Waals surface area contributed by atoms with Crippen LogP contribution in [0.3, 0.4) is 0 Å². The van der Waals surface area contributed by atoms with Crippen LogP contribution in [0.25, 0.3) is 0 Å². The van der Waals surface area contributed by atoms with E-state index in [2.05, 4.69) is 99.2 Å². The van der Waals surface area contributed by atoms with E-state index in [1.54, 1.807) is 6.20 Å². The van der Waals surface area contributed by atoms with Gasteiger partial charge in [-0.15, -0.1) is 0 Å². The molecular weight excluding hydrogens is 524 g/mol. The molecule has 1 atom stereocenters. The molecule has 242 valence electrons. The van der Waals surface area contributed by atoms with Crippen molar-refractivity contribution in [3.05, 3.63) is 113 Å². The van der Waals surface area contributed by atoms with Gasteiger partial charge in [-0.2, -0.15) is 5.10 Å². The summed E-state index contributed by atoms with van der Waals surface area (Å²) >= 11 is 0. The summed E-state index contributed by atoms with van der Waals surface area (Å²) in [5.74, 6) is 1.30. The van der Waals surface area contributed by atoms with Crippen molar-refractivity contribution in [2.24, 2.45) is 13.0 Å². The van der Waals surface area contributed by atoms with Crippen LogP contribution >= 0.6 is 0 Å². The third kappa shape index (κ3) is 18.9. The molecule has 0 amide bonds. The predicted octanol–water partition coefficient (Wildman–Crippen LogP) is 10.6. The fourth-order valence-corrected chi connectivity index (χ4v) is 4.59. The number of rotatable bonds is 10. The minimum atomic E-state index is 0.375. The van der Waals surface area contributed by atoms with E-state index in [9.17, 15) is 0 Å². The van der Waals surface area contributed by atoms with Crippen molar-refractivity contribution in [2.75, 3.05) is 13.1 Å². The summed E-state index contributed by atoms with van der Waals surface area (Å²) in [5.41, 5.74) is 8.71. The molecule has 2 heterocycles. The van der Waals surface area contributed by atoms with Crippen LogP contribution in [0.5, 0.6) is 0 Å². The van der Waals surface area contributed by atoms with Gasteiger partial charge in [0.2, 0.25) is 0 Å². The molecule has 43 heavy (non-hydrogen) atoms. The van der Waals surface area contributed by atoms with Gasteiger partial charge in [-0.3, -0.25) is 4.68 Å².